The van der Waals surface area contributed by atoms with E-state index >= 15 is 4.79 Å². The van der Waals surface area contributed by atoms with Crippen molar-refractivity contribution < 1.29 is 49.7 Å². The SMILES string of the molecule is COc1c(O)ccc2c1-c1ccc3ccc(O)cc3c1CSSC13CCC(CC1O)C(CC(=O)CC2)OC1NC(CCCO)C(CSSC3Cc2ccccc2)CC2c3c1cc(CO)c1c3C(CCC(C(C)=O)N1)CC2CO. The topological polar surface area (TPSA) is 198 Å². The summed E-state index contributed by atoms with van der Waals surface area (Å²) in [5.74, 6) is 1.43. The number of ether oxygens (including phenoxy) is 2. The molecule has 16 heteroatoms. The second kappa shape index (κ2) is 24.3. The number of ketones is 2. The molecule has 3 fully saturated rings. The number of anilines is 1. The Hall–Kier alpha value is -3.94. The van der Waals surface area contributed by atoms with Gasteiger partial charge >= 0.3 is 0 Å². The summed E-state index contributed by atoms with van der Waals surface area (Å²) in [6, 6.07) is 25.1. The number of hydrogen-bond donors (Lipinski definition) is 8. The first-order valence-corrected chi connectivity index (χ1v) is 32.8. The molecule has 5 heterocycles. The summed E-state index contributed by atoms with van der Waals surface area (Å²) >= 11 is 0. The Bertz CT molecular complexity index is 3000. The summed E-state index contributed by atoms with van der Waals surface area (Å²) in [7, 11) is 8.74. The third-order valence-corrected chi connectivity index (χ3v) is 24.8. The molecule has 0 amide bonds. The van der Waals surface area contributed by atoms with Crippen LogP contribution >= 0.6 is 43.2 Å². The molecule has 78 heavy (non-hydrogen) atoms. The van der Waals surface area contributed by atoms with Crippen LogP contribution in [0.1, 0.15) is 135 Å². The fraction of sp³-hybridized carbons (Fsp3) is 0.516. The molecule has 2 saturated heterocycles. The summed E-state index contributed by atoms with van der Waals surface area (Å²) in [5, 5.41) is 78.5. The average Bonchev–Trinajstić information content (AvgIpc) is 3.85. The monoisotopic (exact) mass is 1130 g/mol. The number of nitrogens with one attached hydrogen (secondary N) is 2. The predicted molar refractivity (Wildman–Crippen MR) is 315 cm³/mol. The van der Waals surface area contributed by atoms with Gasteiger partial charge in [-0.15, -0.1) is 0 Å². The first-order chi connectivity index (χ1) is 37.9. The molecule has 1 saturated carbocycles. The number of aliphatic hydroxyl groups excluding tert-OH is 4. The second-order valence-electron chi connectivity index (χ2n) is 22.8. The van der Waals surface area contributed by atoms with Crippen LogP contribution in [0.5, 0.6) is 17.2 Å². The lowest BCUT2D eigenvalue weighted by Crippen LogP contribution is -2.54. The molecule has 416 valence electrons. The fourth-order valence-corrected chi connectivity index (χ4v) is 21.9. The number of fused-ring (bicyclic) bond motifs is 9. The third kappa shape index (κ3) is 11.0. The van der Waals surface area contributed by atoms with Gasteiger partial charge in [-0.25, -0.2) is 0 Å². The number of carbonyl (C=O) groups excluding carboxylic acids is 2. The zero-order chi connectivity index (χ0) is 54.2. The Kier molecular flexibility index (Phi) is 17.4. The molecule has 12 rings (SSSR count). The molecule has 7 aliphatic rings. The lowest BCUT2D eigenvalue weighted by molar-refractivity contribution is -0.130. The number of hydrogen-bond acceptors (Lipinski definition) is 16. The van der Waals surface area contributed by atoms with Crippen molar-refractivity contribution in [3.05, 3.63) is 118 Å². The van der Waals surface area contributed by atoms with Crippen molar-refractivity contribution in [1.29, 1.82) is 0 Å². The van der Waals surface area contributed by atoms with Gasteiger partial charge < -0.3 is 45.4 Å². The first-order valence-electron chi connectivity index (χ1n) is 28.1. The molecular weight excluding hydrogens is 1060 g/mol. The molecule has 5 aromatic carbocycles. The number of benzene rings is 5. The summed E-state index contributed by atoms with van der Waals surface area (Å²) in [6.45, 7) is 1.38. The summed E-state index contributed by atoms with van der Waals surface area (Å²) < 4.78 is 13.1. The van der Waals surface area contributed by atoms with E-state index in [2.05, 4.69) is 41.0 Å². The number of aryl methyl sites for hydroxylation is 1. The van der Waals surface area contributed by atoms with Crippen LogP contribution in [0.25, 0.3) is 21.9 Å². The zero-order valence-electron chi connectivity index (χ0n) is 44.5. The maximum atomic E-state index is 15.1. The smallest absolute Gasteiger partial charge is 0.168 e. The van der Waals surface area contributed by atoms with Crippen molar-refractivity contribution in [2.75, 3.05) is 31.4 Å². The number of aromatic hydroxyl groups is 2. The molecule has 12 atom stereocenters. The number of aliphatic hydroxyl groups is 4. The summed E-state index contributed by atoms with van der Waals surface area (Å²) in [4.78, 5) is 28.3. The van der Waals surface area contributed by atoms with Crippen molar-refractivity contribution in [2.24, 2.45) is 17.8 Å². The minimum atomic E-state index is -0.792. The zero-order valence-corrected chi connectivity index (χ0v) is 47.8. The number of Topliss-reactive ketones (excluding diaryl/α,β-unsaturated/α-hetero) is 2. The first kappa shape index (κ1) is 55.9. The van der Waals surface area contributed by atoms with Crippen LogP contribution in [0, 0.1) is 17.8 Å². The quantitative estimate of drug-likeness (QED) is 0.0648. The van der Waals surface area contributed by atoms with Gasteiger partial charge in [0.05, 0.1) is 36.7 Å². The van der Waals surface area contributed by atoms with Gasteiger partial charge in [0.15, 0.2) is 17.3 Å². The maximum Gasteiger partial charge on any atom is 0.168 e. The highest BCUT2D eigenvalue weighted by atomic mass is 33.1. The van der Waals surface area contributed by atoms with E-state index in [4.69, 9.17) is 9.47 Å². The van der Waals surface area contributed by atoms with Crippen LogP contribution in [0.3, 0.4) is 0 Å². The third-order valence-electron chi connectivity index (χ3n) is 18.4. The van der Waals surface area contributed by atoms with Crippen LogP contribution in [0.15, 0.2) is 78.9 Å². The number of rotatable bonds is 9. The predicted octanol–water partition coefficient (Wildman–Crippen LogP) is 11.3. The van der Waals surface area contributed by atoms with Gasteiger partial charge in [-0.3, -0.25) is 14.9 Å². The number of phenolic OH excluding ortho intramolecular Hbond substituents is 2. The Morgan fingerprint density at radius 1 is 0.910 bits per heavy atom. The molecule has 12 nitrogen and oxygen atoms in total. The number of methoxy groups -OCH3 is 1. The van der Waals surface area contributed by atoms with Gasteiger partial charge in [-0.2, -0.15) is 0 Å². The van der Waals surface area contributed by atoms with Crippen molar-refractivity contribution in [3.8, 4) is 28.4 Å². The van der Waals surface area contributed by atoms with Crippen LogP contribution in [-0.4, -0.2) is 103 Å². The minimum Gasteiger partial charge on any atom is -0.508 e. The Labute approximate surface area is 473 Å². The maximum absolute atomic E-state index is 15.1. The van der Waals surface area contributed by atoms with Crippen molar-refractivity contribution in [1.82, 2.24) is 5.32 Å². The van der Waals surface area contributed by atoms with E-state index in [0.29, 0.717) is 74.0 Å². The van der Waals surface area contributed by atoms with E-state index < -0.39 is 29.2 Å². The van der Waals surface area contributed by atoms with E-state index in [9.17, 15) is 35.4 Å². The molecule has 0 radical (unpaired) electrons. The highest BCUT2D eigenvalue weighted by molar-refractivity contribution is 8.78. The van der Waals surface area contributed by atoms with E-state index in [1.807, 2.05) is 51.9 Å². The minimum absolute atomic E-state index is 0.000726. The summed E-state index contributed by atoms with van der Waals surface area (Å²) in [5.41, 5.74) is 9.11. The van der Waals surface area contributed by atoms with Crippen molar-refractivity contribution >= 4 is 71.2 Å². The Morgan fingerprint density at radius 2 is 1.74 bits per heavy atom. The van der Waals surface area contributed by atoms with Crippen LogP contribution in [0.4, 0.5) is 5.69 Å². The second-order valence-corrected chi connectivity index (χ2v) is 28.1. The van der Waals surface area contributed by atoms with E-state index in [1.165, 1.54) is 5.56 Å². The standard InChI is InChI=1S/C62H74N2O10S4/c1-34(68)50-18-13-39-24-40(30-66)47-26-42-32-75-77-55(23-35-7-4-3-5-8-35)62-21-20-38(27-54(62)72)53(74-61(64-51(42)9-6-22-65)48-25-41(31-67)59(63-50)57(39)58(47)48)29-44(70)16-11-37-14-19-52(71)60(73-2)56(37)45-17-12-36-10-15-43(69)28-46(36)49(45)33-76-78-62/h3-5,7-8,10,12,14-15,17,19,25,28,38-40,42,47,50-51,53-55,61,63-67,69,71-72H,6,9,11,13,16,18,20-24,26-27,29-33H2,1-2H3. The largest absolute Gasteiger partial charge is 0.508 e. The average molecular weight is 1140 g/mol. The molecule has 5 aliphatic heterocycles. The lowest BCUT2D eigenvalue weighted by atomic mass is 9.63. The fourth-order valence-electron chi connectivity index (χ4n) is 14.3. The van der Waals surface area contributed by atoms with Crippen molar-refractivity contribution in [3.63, 3.8) is 0 Å². The van der Waals surface area contributed by atoms with Gasteiger partial charge in [0.25, 0.3) is 0 Å². The molecule has 0 aromatic heterocycles. The van der Waals surface area contributed by atoms with Crippen LogP contribution in [-0.2, 0) is 39.5 Å². The van der Waals surface area contributed by atoms with Gasteiger partial charge in [0.2, 0.25) is 0 Å². The Balaban J connectivity index is 1.10. The molecular formula is C62H74N2O10S4. The Morgan fingerprint density at radius 3 is 2.51 bits per heavy atom. The molecule has 5 bridgehead atoms. The molecule has 8 N–H and O–H groups in total. The normalized spacial score (nSPS) is 30.3. The number of phenols is 2. The van der Waals surface area contributed by atoms with E-state index in [1.54, 1.807) is 53.8 Å². The lowest BCUT2D eigenvalue weighted by Gasteiger charge is -2.50. The molecule has 12 unspecified atom stereocenters. The van der Waals surface area contributed by atoms with Crippen molar-refractivity contribution in [2.45, 2.75) is 155 Å². The van der Waals surface area contributed by atoms with Gasteiger partial charge in [-0.1, -0.05) is 97.8 Å². The van der Waals surface area contributed by atoms with Gasteiger partial charge in [-0.05, 0) is 181 Å². The highest BCUT2D eigenvalue weighted by Crippen LogP contribution is 2.60. The highest BCUT2D eigenvalue weighted by Gasteiger charge is 2.53. The summed E-state index contributed by atoms with van der Waals surface area (Å²) in [6.07, 6.45) is 5.03. The van der Waals surface area contributed by atoms with Gasteiger partial charge in [0, 0.05) is 65.7 Å². The number of carbonyl (C=O) groups is 2. The van der Waals surface area contributed by atoms with Gasteiger partial charge in [0.1, 0.15) is 17.8 Å². The molecule has 5 aromatic rings. The molecule has 0 spiro atoms. The van der Waals surface area contributed by atoms with E-state index in [-0.39, 0.29) is 96.6 Å². The van der Waals surface area contributed by atoms with Crippen LogP contribution < -0.4 is 15.4 Å². The van der Waals surface area contributed by atoms with Crippen LogP contribution in [0.2, 0.25) is 0 Å². The molecule has 2 aliphatic carbocycles. The van der Waals surface area contributed by atoms with E-state index in [0.717, 1.165) is 74.9 Å².